The zero-order chi connectivity index (χ0) is 15.5. The van der Waals surface area contributed by atoms with Crippen molar-refractivity contribution in [2.24, 2.45) is 11.0 Å². The average Bonchev–Trinajstić information content (AvgIpc) is 2.85. The molecule has 1 aliphatic heterocycles. The minimum atomic E-state index is -0.250. The van der Waals surface area contributed by atoms with Crippen molar-refractivity contribution in [3.63, 3.8) is 0 Å². The minimum Gasteiger partial charge on any atom is -0.272 e. The van der Waals surface area contributed by atoms with Gasteiger partial charge in [-0.15, -0.1) is 0 Å². The fourth-order valence-electron chi connectivity index (χ4n) is 2.64. The van der Waals surface area contributed by atoms with Gasteiger partial charge in [0.2, 0.25) is 0 Å². The molecule has 1 aromatic carbocycles. The van der Waals surface area contributed by atoms with Crippen LogP contribution in [0.4, 0.5) is 5.69 Å². The van der Waals surface area contributed by atoms with Gasteiger partial charge in [0.1, 0.15) is 0 Å². The molecule has 0 radical (unpaired) electrons. The lowest BCUT2D eigenvalue weighted by Gasteiger charge is -2.13. The summed E-state index contributed by atoms with van der Waals surface area (Å²) >= 11 is 0. The first-order chi connectivity index (χ1) is 10.7. The summed E-state index contributed by atoms with van der Waals surface area (Å²) in [5.41, 5.74) is 3.77. The zero-order valence-corrected chi connectivity index (χ0v) is 12.9. The minimum absolute atomic E-state index is 0.00194. The molecule has 1 aromatic heterocycles. The van der Waals surface area contributed by atoms with Crippen molar-refractivity contribution < 1.29 is 4.79 Å². The van der Waals surface area contributed by atoms with Gasteiger partial charge in [-0.25, -0.2) is 0 Å². The van der Waals surface area contributed by atoms with Crippen molar-refractivity contribution in [1.82, 2.24) is 4.98 Å². The highest BCUT2D eigenvalue weighted by molar-refractivity contribution is 6.21. The quantitative estimate of drug-likeness (QED) is 0.867. The van der Waals surface area contributed by atoms with E-state index in [9.17, 15) is 4.79 Å². The van der Waals surface area contributed by atoms with Crippen molar-refractivity contribution in [3.8, 4) is 0 Å². The number of pyridine rings is 1. The Morgan fingerprint density at radius 2 is 1.95 bits per heavy atom. The smallest absolute Gasteiger partial charge is 0.256 e. The van der Waals surface area contributed by atoms with Crippen LogP contribution in [0.5, 0.6) is 0 Å². The largest absolute Gasteiger partial charge is 0.272 e. The second kappa shape index (κ2) is 6.10. The number of carbonyl (C=O) groups is 1. The topological polar surface area (TPSA) is 45.6 Å². The normalized spacial score (nSPS) is 17.7. The van der Waals surface area contributed by atoms with E-state index in [1.54, 1.807) is 12.4 Å². The maximum atomic E-state index is 12.5. The van der Waals surface area contributed by atoms with Crippen LogP contribution in [0.15, 0.2) is 53.9 Å². The second-order valence-electron chi connectivity index (χ2n) is 5.52. The van der Waals surface area contributed by atoms with Crippen LogP contribution >= 0.6 is 0 Å². The molecule has 1 aliphatic rings. The number of amides is 1. The Morgan fingerprint density at radius 1 is 1.18 bits per heavy atom. The van der Waals surface area contributed by atoms with Crippen LogP contribution in [0, 0.1) is 5.92 Å². The van der Waals surface area contributed by atoms with Crippen LogP contribution in [0.1, 0.15) is 31.4 Å². The summed E-state index contributed by atoms with van der Waals surface area (Å²) in [6.07, 6.45) is 5.63. The molecule has 0 saturated carbocycles. The van der Waals surface area contributed by atoms with Crippen molar-refractivity contribution in [3.05, 3.63) is 59.9 Å². The van der Waals surface area contributed by atoms with Gasteiger partial charge in [-0.3, -0.25) is 9.78 Å². The van der Waals surface area contributed by atoms with E-state index < -0.39 is 0 Å². The number of benzene rings is 1. The Labute approximate surface area is 130 Å². The van der Waals surface area contributed by atoms with Crippen LogP contribution in [0.2, 0.25) is 0 Å². The van der Waals surface area contributed by atoms with Gasteiger partial charge in [0, 0.05) is 18.0 Å². The molecule has 112 valence electrons. The Morgan fingerprint density at radius 3 is 2.59 bits per heavy atom. The van der Waals surface area contributed by atoms with Crippen LogP contribution in [-0.2, 0) is 11.2 Å². The van der Waals surface area contributed by atoms with E-state index in [4.69, 9.17) is 0 Å². The standard InChI is InChI=1S/C18H19N3O/c1-3-5-14-7-9-16(10-8-14)21-18(22)13(2)17(20-21)15-6-4-11-19-12-15/h4,6-13H,3,5H2,1-2H3. The van der Waals surface area contributed by atoms with E-state index in [0.29, 0.717) is 0 Å². The monoisotopic (exact) mass is 293 g/mol. The van der Waals surface area contributed by atoms with Crippen molar-refractivity contribution in [1.29, 1.82) is 0 Å². The lowest BCUT2D eigenvalue weighted by molar-refractivity contribution is -0.119. The average molecular weight is 293 g/mol. The number of rotatable bonds is 4. The fourth-order valence-corrected chi connectivity index (χ4v) is 2.64. The number of carbonyl (C=O) groups excluding carboxylic acids is 1. The van der Waals surface area contributed by atoms with Crippen LogP contribution in [0.25, 0.3) is 0 Å². The maximum absolute atomic E-state index is 12.5. The van der Waals surface area contributed by atoms with Gasteiger partial charge >= 0.3 is 0 Å². The lowest BCUT2D eigenvalue weighted by Crippen LogP contribution is -2.25. The van der Waals surface area contributed by atoms with Gasteiger partial charge in [0.05, 0.1) is 17.3 Å². The van der Waals surface area contributed by atoms with E-state index in [-0.39, 0.29) is 11.8 Å². The Balaban J connectivity index is 1.90. The number of nitrogens with zero attached hydrogens (tertiary/aromatic N) is 3. The SMILES string of the molecule is CCCc1ccc(N2N=C(c3cccnc3)C(C)C2=O)cc1. The first-order valence-corrected chi connectivity index (χ1v) is 7.62. The molecule has 4 heteroatoms. The lowest BCUT2D eigenvalue weighted by atomic mass is 10.0. The highest BCUT2D eigenvalue weighted by Crippen LogP contribution is 2.26. The summed E-state index contributed by atoms with van der Waals surface area (Å²) in [5, 5.41) is 6.03. The molecule has 1 unspecified atom stereocenters. The molecule has 22 heavy (non-hydrogen) atoms. The molecule has 2 heterocycles. The first-order valence-electron chi connectivity index (χ1n) is 7.62. The van der Waals surface area contributed by atoms with Crippen LogP contribution in [-0.4, -0.2) is 16.6 Å². The number of anilines is 1. The third-order valence-electron chi connectivity index (χ3n) is 3.87. The van der Waals surface area contributed by atoms with E-state index in [1.807, 2.05) is 31.2 Å². The second-order valence-corrected chi connectivity index (χ2v) is 5.52. The van der Waals surface area contributed by atoms with E-state index in [0.717, 1.165) is 29.8 Å². The molecule has 1 amide bonds. The van der Waals surface area contributed by atoms with Gasteiger partial charge in [-0.2, -0.15) is 10.1 Å². The Hall–Kier alpha value is -2.49. The maximum Gasteiger partial charge on any atom is 0.256 e. The summed E-state index contributed by atoms with van der Waals surface area (Å²) < 4.78 is 0. The molecule has 4 nitrogen and oxygen atoms in total. The molecular formula is C18H19N3O. The van der Waals surface area contributed by atoms with E-state index in [2.05, 4.69) is 29.1 Å². The number of aromatic nitrogens is 1. The summed E-state index contributed by atoms with van der Waals surface area (Å²) in [5.74, 6) is -0.249. The molecule has 0 fully saturated rings. The molecular weight excluding hydrogens is 274 g/mol. The third-order valence-corrected chi connectivity index (χ3v) is 3.87. The predicted octanol–water partition coefficient (Wildman–Crippen LogP) is 3.42. The Kier molecular flexibility index (Phi) is 4.00. The highest BCUT2D eigenvalue weighted by Gasteiger charge is 2.33. The summed E-state index contributed by atoms with van der Waals surface area (Å²) in [6, 6.07) is 11.8. The van der Waals surface area contributed by atoms with Crippen LogP contribution in [0.3, 0.4) is 0 Å². The van der Waals surface area contributed by atoms with Crippen LogP contribution < -0.4 is 5.01 Å². The van der Waals surface area contributed by atoms with Gasteiger partial charge in [0.25, 0.3) is 5.91 Å². The van der Waals surface area contributed by atoms with Gasteiger partial charge < -0.3 is 0 Å². The molecule has 0 saturated heterocycles. The van der Waals surface area contributed by atoms with Gasteiger partial charge in [-0.05, 0) is 43.2 Å². The summed E-state index contributed by atoms with van der Waals surface area (Å²) in [6.45, 7) is 4.05. The molecule has 0 bridgehead atoms. The molecule has 3 rings (SSSR count). The van der Waals surface area contributed by atoms with Gasteiger partial charge in [-0.1, -0.05) is 25.5 Å². The van der Waals surface area contributed by atoms with E-state index in [1.165, 1.54) is 10.6 Å². The summed E-state index contributed by atoms with van der Waals surface area (Å²) in [4.78, 5) is 16.6. The number of hydrogen-bond acceptors (Lipinski definition) is 3. The fraction of sp³-hybridized carbons (Fsp3) is 0.278. The third kappa shape index (κ3) is 2.64. The number of aryl methyl sites for hydroxylation is 1. The zero-order valence-electron chi connectivity index (χ0n) is 12.9. The molecule has 2 aromatic rings. The van der Waals surface area contributed by atoms with E-state index >= 15 is 0 Å². The highest BCUT2D eigenvalue weighted by atomic mass is 16.2. The summed E-state index contributed by atoms with van der Waals surface area (Å²) in [7, 11) is 0. The Bertz CT molecular complexity index is 692. The number of hydrazone groups is 1. The molecule has 0 spiro atoms. The molecule has 0 N–H and O–H groups in total. The number of hydrogen-bond donors (Lipinski definition) is 0. The van der Waals surface area contributed by atoms with Crippen molar-refractivity contribution in [2.75, 3.05) is 5.01 Å². The molecule has 1 atom stereocenters. The first kappa shape index (κ1) is 14.4. The van der Waals surface area contributed by atoms with Crippen molar-refractivity contribution >= 4 is 17.3 Å². The predicted molar refractivity (Wildman–Crippen MR) is 87.9 cm³/mol. The van der Waals surface area contributed by atoms with Crippen molar-refractivity contribution in [2.45, 2.75) is 26.7 Å². The molecule has 0 aliphatic carbocycles. The van der Waals surface area contributed by atoms with Gasteiger partial charge in [0.15, 0.2) is 0 Å².